The van der Waals surface area contributed by atoms with Gasteiger partial charge in [0.05, 0.1) is 16.8 Å². The lowest BCUT2D eigenvalue weighted by Crippen LogP contribution is -2.21. The van der Waals surface area contributed by atoms with Crippen LogP contribution in [-0.2, 0) is 24.7 Å². The van der Waals surface area contributed by atoms with Crippen molar-refractivity contribution in [3.63, 3.8) is 0 Å². The summed E-state index contributed by atoms with van der Waals surface area (Å²) in [6, 6.07) is 7.45. The van der Waals surface area contributed by atoms with Crippen LogP contribution in [0.1, 0.15) is 16.9 Å². The van der Waals surface area contributed by atoms with E-state index in [9.17, 15) is 9.59 Å². The summed E-state index contributed by atoms with van der Waals surface area (Å²) in [5.41, 5.74) is 2.68. The lowest BCUT2D eigenvalue weighted by atomic mass is 10.2. The number of amides is 1. The van der Waals surface area contributed by atoms with Gasteiger partial charge in [-0.15, -0.1) is 22.7 Å². The van der Waals surface area contributed by atoms with Crippen LogP contribution in [0.3, 0.4) is 0 Å². The number of hydrogen-bond donors (Lipinski definition) is 1. The van der Waals surface area contributed by atoms with Gasteiger partial charge in [-0.2, -0.15) is 0 Å². The normalized spacial score (nSPS) is 13.0. The van der Waals surface area contributed by atoms with E-state index < -0.39 is 0 Å². The second kappa shape index (κ2) is 8.38. The first-order chi connectivity index (χ1) is 15.0. The number of fused-ring (bicyclic) bond motifs is 3. The highest BCUT2D eigenvalue weighted by molar-refractivity contribution is 7.99. The molecule has 1 aromatic carbocycles. The fourth-order valence-corrected chi connectivity index (χ4v) is 6.68. The van der Waals surface area contributed by atoms with Crippen molar-refractivity contribution in [1.29, 1.82) is 0 Å². The predicted molar refractivity (Wildman–Crippen MR) is 129 cm³/mol. The number of benzene rings is 1. The zero-order chi connectivity index (χ0) is 21.5. The largest absolute Gasteiger partial charge is 0.301 e. The molecule has 3 aromatic heterocycles. The minimum Gasteiger partial charge on any atom is -0.301 e. The number of nitrogens with zero attached hydrogens (tertiary/aromatic N) is 3. The summed E-state index contributed by atoms with van der Waals surface area (Å²) in [6.45, 7) is 0. The lowest BCUT2D eigenvalue weighted by molar-refractivity contribution is -0.113. The van der Waals surface area contributed by atoms with Crippen LogP contribution in [0, 0.1) is 0 Å². The molecule has 0 spiro atoms. The second-order valence-corrected chi connectivity index (χ2v) is 10.4. The van der Waals surface area contributed by atoms with Gasteiger partial charge in [0.2, 0.25) is 5.91 Å². The van der Waals surface area contributed by atoms with E-state index in [4.69, 9.17) is 11.6 Å². The standard InChI is InChI=1S/C21H17ClN4O2S3/c1-26-19(28)17-12-6-4-8-15(12)31-18(17)25-21(26)30-10-16(27)24-20-23-14(9-29-20)11-5-2-3-7-13(11)22/h2-3,5,7,9H,4,6,8,10H2,1H3,(H,23,24,27). The number of aromatic nitrogens is 3. The van der Waals surface area contributed by atoms with Crippen LogP contribution in [0.2, 0.25) is 5.02 Å². The molecule has 10 heteroatoms. The number of carbonyl (C=O) groups is 1. The van der Waals surface area contributed by atoms with Crippen LogP contribution in [0.4, 0.5) is 5.13 Å². The molecule has 0 fully saturated rings. The van der Waals surface area contributed by atoms with Crippen LogP contribution in [-0.4, -0.2) is 26.2 Å². The molecule has 31 heavy (non-hydrogen) atoms. The van der Waals surface area contributed by atoms with Crippen molar-refractivity contribution in [3.8, 4) is 11.3 Å². The van der Waals surface area contributed by atoms with Gasteiger partial charge in [-0.1, -0.05) is 41.6 Å². The number of halogens is 1. The number of aryl methyl sites for hydroxylation is 2. The van der Waals surface area contributed by atoms with E-state index in [0.29, 0.717) is 15.3 Å². The summed E-state index contributed by atoms with van der Waals surface area (Å²) in [7, 11) is 1.71. The smallest absolute Gasteiger partial charge is 0.262 e. The molecule has 3 heterocycles. The first-order valence-electron chi connectivity index (χ1n) is 9.65. The number of thiazole rings is 1. The first-order valence-corrected chi connectivity index (χ1v) is 12.7. The second-order valence-electron chi connectivity index (χ2n) is 7.15. The summed E-state index contributed by atoms with van der Waals surface area (Å²) in [5, 5.41) is 7.10. The first kappa shape index (κ1) is 20.7. The molecule has 6 nitrogen and oxygen atoms in total. The van der Waals surface area contributed by atoms with E-state index in [0.717, 1.165) is 40.7 Å². The Morgan fingerprint density at radius 1 is 1.29 bits per heavy atom. The Labute approximate surface area is 195 Å². The van der Waals surface area contributed by atoms with Crippen LogP contribution < -0.4 is 10.9 Å². The molecule has 5 rings (SSSR count). The molecule has 1 aliphatic rings. The third-order valence-corrected chi connectivity index (χ3v) is 8.44. The fourth-order valence-electron chi connectivity index (χ4n) is 3.64. The Hall–Kier alpha value is -2.20. The maximum atomic E-state index is 12.9. The van der Waals surface area contributed by atoms with Crippen LogP contribution >= 0.6 is 46.0 Å². The highest BCUT2D eigenvalue weighted by Gasteiger charge is 2.22. The number of thioether (sulfide) groups is 1. The molecule has 1 amide bonds. The van der Waals surface area contributed by atoms with Gasteiger partial charge in [-0.3, -0.25) is 14.2 Å². The molecule has 0 saturated carbocycles. The van der Waals surface area contributed by atoms with Crippen molar-refractivity contribution in [3.05, 3.63) is 55.5 Å². The van der Waals surface area contributed by atoms with E-state index in [1.54, 1.807) is 23.0 Å². The minimum atomic E-state index is -0.201. The van der Waals surface area contributed by atoms with Gasteiger partial charge in [0, 0.05) is 27.9 Å². The molecule has 0 atom stereocenters. The molecule has 0 aliphatic heterocycles. The zero-order valence-corrected chi connectivity index (χ0v) is 19.7. The summed E-state index contributed by atoms with van der Waals surface area (Å²) in [6.07, 6.45) is 3.07. The predicted octanol–water partition coefficient (Wildman–Crippen LogP) is 4.99. The van der Waals surface area contributed by atoms with Gasteiger partial charge in [0.1, 0.15) is 4.83 Å². The van der Waals surface area contributed by atoms with E-state index >= 15 is 0 Å². The number of rotatable bonds is 5. The molecular weight excluding hydrogens is 472 g/mol. The van der Waals surface area contributed by atoms with Gasteiger partial charge in [-0.25, -0.2) is 9.97 Å². The molecule has 0 saturated heterocycles. The van der Waals surface area contributed by atoms with Gasteiger partial charge in [-0.05, 0) is 30.9 Å². The molecule has 1 N–H and O–H groups in total. The summed E-state index contributed by atoms with van der Waals surface area (Å²) in [5.74, 6) is -0.0641. The Kier molecular flexibility index (Phi) is 5.60. The molecule has 0 bridgehead atoms. The van der Waals surface area contributed by atoms with Gasteiger partial charge < -0.3 is 5.32 Å². The van der Waals surface area contributed by atoms with Crippen molar-refractivity contribution >= 4 is 67.3 Å². The van der Waals surface area contributed by atoms with Crippen LogP contribution in [0.15, 0.2) is 39.6 Å². The Balaban J connectivity index is 1.29. The third kappa shape index (κ3) is 3.91. The molecule has 4 aromatic rings. The van der Waals surface area contributed by atoms with Crippen molar-refractivity contribution in [1.82, 2.24) is 14.5 Å². The monoisotopic (exact) mass is 488 g/mol. The fraction of sp³-hybridized carbons (Fsp3) is 0.238. The zero-order valence-electron chi connectivity index (χ0n) is 16.5. The van der Waals surface area contributed by atoms with Gasteiger partial charge in [0.25, 0.3) is 5.56 Å². The molecule has 0 unspecified atom stereocenters. The van der Waals surface area contributed by atoms with E-state index in [1.165, 1.54) is 33.5 Å². The number of hydrogen-bond acceptors (Lipinski definition) is 7. The highest BCUT2D eigenvalue weighted by atomic mass is 35.5. The highest BCUT2D eigenvalue weighted by Crippen LogP contribution is 2.35. The van der Waals surface area contributed by atoms with Crippen molar-refractivity contribution in [2.75, 3.05) is 11.1 Å². The van der Waals surface area contributed by atoms with Gasteiger partial charge in [0.15, 0.2) is 10.3 Å². The Morgan fingerprint density at radius 3 is 2.97 bits per heavy atom. The Morgan fingerprint density at radius 2 is 2.13 bits per heavy atom. The topological polar surface area (TPSA) is 76.9 Å². The summed E-state index contributed by atoms with van der Waals surface area (Å²) < 4.78 is 1.55. The average molecular weight is 489 g/mol. The lowest BCUT2D eigenvalue weighted by Gasteiger charge is -2.07. The van der Waals surface area contributed by atoms with Crippen LogP contribution in [0.5, 0.6) is 0 Å². The molecule has 158 valence electrons. The quantitative estimate of drug-likeness (QED) is 0.316. The number of thiophene rings is 1. The van der Waals surface area contributed by atoms with E-state index in [2.05, 4.69) is 15.3 Å². The maximum absolute atomic E-state index is 12.9. The number of carbonyl (C=O) groups excluding carboxylic acids is 1. The number of anilines is 1. The maximum Gasteiger partial charge on any atom is 0.262 e. The summed E-state index contributed by atoms with van der Waals surface area (Å²) in [4.78, 5) is 36.5. The molecule has 0 radical (unpaired) electrons. The van der Waals surface area contributed by atoms with Crippen molar-refractivity contribution in [2.45, 2.75) is 24.4 Å². The summed E-state index contributed by atoms with van der Waals surface area (Å²) >= 11 is 10.4. The van der Waals surface area contributed by atoms with E-state index in [1.807, 2.05) is 29.6 Å². The molecule has 1 aliphatic carbocycles. The SMILES string of the molecule is Cn1c(SCC(=O)Nc2nc(-c3ccccc3Cl)cs2)nc2sc3c(c2c1=O)CCC3. The minimum absolute atomic E-state index is 0.0309. The van der Waals surface area contributed by atoms with E-state index in [-0.39, 0.29) is 17.2 Å². The Bertz CT molecular complexity index is 1370. The van der Waals surface area contributed by atoms with Crippen molar-refractivity contribution < 1.29 is 4.79 Å². The van der Waals surface area contributed by atoms with Gasteiger partial charge >= 0.3 is 0 Å². The average Bonchev–Trinajstić information content (AvgIpc) is 3.46. The third-order valence-electron chi connectivity index (χ3n) is 5.14. The van der Waals surface area contributed by atoms with Crippen molar-refractivity contribution in [2.24, 2.45) is 7.05 Å². The van der Waals surface area contributed by atoms with Crippen LogP contribution in [0.25, 0.3) is 21.5 Å². The molecular formula is C21H17ClN4O2S3. The number of nitrogens with one attached hydrogen (secondary N) is 1.